The minimum atomic E-state index is 0.630. The largest absolute Gasteiger partial charge is 0.329 e. The van der Waals surface area contributed by atoms with Gasteiger partial charge in [0.1, 0.15) is 0 Å². The third kappa shape index (κ3) is 2.96. The predicted molar refractivity (Wildman–Crippen MR) is 62.2 cm³/mol. The second kappa shape index (κ2) is 5.13. The van der Waals surface area contributed by atoms with Crippen LogP contribution in [0.25, 0.3) is 0 Å². The SMILES string of the molecule is CC(C)CC(CN)N1CC(C(C)C)C1. The quantitative estimate of drug-likeness (QED) is 0.731. The molecule has 0 radical (unpaired) electrons. The Balaban J connectivity index is 2.28. The van der Waals surface area contributed by atoms with E-state index in [-0.39, 0.29) is 0 Å². The Morgan fingerprint density at radius 1 is 1.21 bits per heavy atom. The third-order valence-corrected chi connectivity index (χ3v) is 3.41. The zero-order valence-corrected chi connectivity index (χ0v) is 10.2. The standard InChI is InChI=1S/C12H26N2/c1-9(2)5-12(6-13)14-7-11(8-14)10(3)4/h9-12H,5-8,13H2,1-4H3. The maximum atomic E-state index is 5.81. The first-order valence-corrected chi connectivity index (χ1v) is 5.98. The second-order valence-electron chi connectivity index (χ2n) is 5.48. The van der Waals surface area contributed by atoms with Crippen LogP contribution >= 0.6 is 0 Å². The molecule has 1 heterocycles. The molecule has 0 aromatic heterocycles. The van der Waals surface area contributed by atoms with Crippen LogP contribution in [0.3, 0.4) is 0 Å². The monoisotopic (exact) mass is 198 g/mol. The maximum Gasteiger partial charge on any atom is 0.0221 e. The molecule has 0 aliphatic carbocycles. The minimum Gasteiger partial charge on any atom is -0.329 e. The van der Waals surface area contributed by atoms with Crippen LogP contribution in [-0.2, 0) is 0 Å². The molecule has 84 valence electrons. The number of hydrogen-bond acceptors (Lipinski definition) is 2. The van der Waals surface area contributed by atoms with Gasteiger partial charge in [-0.2, -0.15) is 0 Å². The van der Waals surface area contributed by atoms with E-state index in [9.17, 15) is 0 Å². The van der Waals surface area contributed by atoms with Gasteiger partial charge in [0.05, 0.1) is 0 Å². The van der Waals surface area contributed by atoms with Crippen molar-refractivity contribution in [2.24, 2.45) is 23.5 Å². The Morgan fingerprint density at radius 3 is 2.14 bits per heavy atom. The molecular weight excluding hydrogens is 172 g/mol. The average Bonchev–Trinajstić information content (AvgIpc) is 1.98. The molecule has 0 bridgehead atoms. The van der Waals surface area contributed by atoms with Crippen molar-refractivity contribution < 1.29 is 0 Å². The summed E-state index contributed by atoms with van der Waals surface area (Å²) < 4.78 is 0. The minimum absolute atomic E-state index is 0.630. The van der Waals surface area contributed by atoms with Gasteiger partial charge in [0, 0.05) is 25.7 Å². The van der Waals surface area contributed by atoms with E-state index in [0.29, 0.717) is 6.04 Å². The van der Waals surface area contributed by atoms with Gasteiger partial charge in [-0.3, -0.25) is 4.90 Å². The lowest BCUT2D eigenvalue weighted by molar-refractivity contribution is 0.0232. The van der Waals surface area contributed by atoms with Crippen molar-refractivity contribution >= 4 is 0 Å². The van der Waals surface area contributed by atoms with Crippen LogP contribution in [0, 0.1) is 17.8 Å². The maximum absolute atomic E-state index is 5.81. The van der Waals surface area contributed by atoms with Gasteiger partial charge in [-0.15, -0.1) is 0 Å². The number of nitrogens with zero attached hydrogens (tertiary/aromatic N) is 1. The van der Waals surface area contributed by atoms with Crippen molar-refractivity contribution in [1.29, 1.82) is 0 Å². The second-order valence-corrected chi connectivity index (χ2v) is 5.48. The zero-order chi connectivity index (χ0) is 10.7. The van der Waals surface area contributed by atoms with Crippen molar-refractivity contribution in [3.8, 4) is 0 Å². The third-order valence-electron chi connectivity index (χ3n) is 3.41. The van der Waals surface area contributed by atoms with Crippen LogP contribution in [0.2, 0.25) is 0 Å². The normalized spacial score (nSPS) is 21.6. The molecule has 2 heteroatoms. The van der Waals surface area contributed by atoms with E-state index in [1.165, 1.54) is 19.5 Å². The summed E-state index contributed by atoms with van der Waals surface area (Å²) in [5.41, 5.74) is 5.81. The van der Waals surface area contributed by atoms with E-state index in [1.54, 1.807) is 0 Å². The van der Waals surface area contributed by atoms with Gasteiger partial charge < -0.3 is 5.73 Å². The molecule has 0 spiro atoms. The summed E-state index contributed by atoms with van der Waals surface area (Å²) >= 11 is 0. The summed E-state index contributed by atoms with van der Waals surface area (Å²) in [6.45, 7) is 12.6. The fourth-order valence-electron chi connectivity index (χ4n) is 2.21. The Bertz CT molecular complexity index is 160. The molecule has 0 aromatic carbocycles. The fraction of sp³-hybridized carbons (Fsp3) is 1.00. The number of rotatable bonds is 5. The van der Waals surface area contributed by atoms with Gasteiger partial charge in [0.15, 0.2) is 0 Å². The van der Waals surface area contributed by atoms with Crippen LogP contribution in [-0.4, -0.2) is 30.6 Å². The van der Waals surface area contributed by atoms with Crippen LogP contribution in [0.15, 0.2) is 0 Å². The first-order chi connectivity index (χ1) is 6.54. The number of hydrogen-bond donors (Lipinski definition) is 1. The molecule has 1 atom stereocenters. The number of likely N-dealkylation sites (tertiary alicyclic amines) is 1. The molecule has 0 amide bonds. The van der Waals surface area contributed by atoms with E-state index in [4.69, 9.17) is 5.73 Å². The average molecular weight is 198 g/mol. The van der Waals surface area contributed by atoms with E-state index in [1.807, 2.05) is 0 Å². The van der Waals surface area contributed by atoms with Gasteiger partial charge in [-0.25, -0.2) is 0 Å². The lowest BCUT2D eigenvalue weighted by Gasteiger charge is -2.46. The first kappa shape index (κ1) is 12.0. The molecule has 1 rings (SSSR count). The molecule has 1 unspecified atom stereocenters. The predicted octanol–water partition coefficient (Wildman–Crippen LogP) is 1.95. The van der Waals surface area contributed by atoms with Crippen LogP contribution < -0.4 is 5.73 Å². The zero-order valence-electron chi connectivity index (χ0n) is 10.2. The Hall–Kier alpha value is -0.0800. The summed E-state index contributed by atoms with van der Waals surface area (Å²) in [4.78, 5) is 2.56. The molecule has 1 aliphatic rings. The van der Waals surface area contributed by atoms with Crippen molar-refractivity contribution in [3.63, 3.8) is 0 Å². The highest BCUT2D eigenvalue weighted by atomic mass is 15.2. The molecule has 1 saturated heterocycles. The number of nitrogens with two attached hydrogens (primary N) is 1. The molecule has 14 heavy (non-hydrogen) atoms. The molecule has 2 nitrogen and oxygen atoms in total. The van der Waals surface area contributed by atoms with E-state index in [0.717, 1.165) is 24.3 Å². The summed E-state index contributed by atoms with van der Waals surface area (Å²) in [5.74, 6) is 2.52. The topological polar surface area (TPSA) is 29.3 Å². The molecule has 0 aromatic rings. The highest BCUT2D eigenvalue weighted by molar-refractivity contribution is 4.87. The van der Waals surface area contributed by atoms with Crippen molar-refractivity contribution in [2.75, 3.05) is 19.6 Å². The summed E-state index contributed by atoms with van der Waals surface area (Å²) in [6, 6.07) is 0.630. The highest BCUT2D eigenvalue weighted by Gasteiger charge is 2.33. The van der Waals surface area contributed by atoms with Crippen molar-refractivity contribution in [3.05, 3.63) is 0 Å². The first-order valence-electron chi connectivity index (χ1n) is 5.98. The van der Waals surface area contributed by atoms with E-state index >= 15 is 0 Å². The van der Waals surface area contributed by atoms with Gasteiger partial charge in [-0.05, 0) is 24.2 Å². The Morgan fingerprint density at radius 2 is 1.79 bits per heavy atom. The molecule has 0 saturated carbocycles. The van der Waals surface area contributed by atoms with Crippen molar-refractivity contribution in [1.82, 2.24) is 4.90 Å². The van der Waals surface area contributed by atoms with Gasteiger partial charge in [-0.1, -0.05) is 27.7 Å². The van der Waals surface area contributed by atoms with Gasteiger partial charge in [0.25, 0.3) is 0 Å². The van der Waals surface area contributed by atoms with E-state index < -0.39 is 0 Å². The smallest absolute Gasteiger partial charge is 0.0221 e. The Kier molecular flexibility index (Phi) is 4.39. The lowest BCUT2D eigenvalue weighted by atomic mass is 9.86. The highest BCUT2D eigenvalue weighted by Crippen LogP contribution is 2.26. The van der Waals surface area contributed by atoms with Crippen LogP contribution in [0.4, 0.5) is 0 Å². The Labute approximate surface area is 88.8 Å². The summed E-state index contributed by atoms with van der Waals surface area (Å²) in [6.07, 6.45) is 1.25. The molecular formula is C12H26N2. The summed E-state index contributed by atoms with van der Waals surface area (Å²) in [5, 5.41) is 0. The van der Waals surface area contributed by atoms with Gasteiger partial charge >= 0.3 is 0 Å². The molecule has 1 aliphatic heterocycles. The summed E-state index contributed by atoms with van der Waals surface area (Å²) in [7, 11) is 0. The van der Waals surface area contributed by atoms with Crippen LogP contribution in [0.5, 0.6) is 0 Å². The van der Waals surface area contributed by atoms with Crippen molar-refractivity contribution in [2.45, 2.75) is 40.2 Å². The fourth-order valence-corrected chi connectivity index (χ4v) is 2.21. The molecule has 1 fully saturated rings. The van der Waals surface area contributed by atoms with Gasteiger partial charge in [0.2, 0.25) is 0 Å². The molecule has 2 N–H and O–H groups in total. The van der Waals surface area contributed by atoms with E-state index in [2.05, 4.69) is 32.6 Å². The van der Waals surface area contributed by atoms with Crippen LogP contribution in [0.1, 0.15) is 34.1 Å². The lowest BCUT2D eigenvalue weighted by Crippen LogP contribution is -2.56.